The fraction of sp³-hybridized carbons (Fsp3) is 0.412. The molecule has 3 rings (SSSR count). The lowest BCUT2D eigenvalue weighted by Gasteiger charge is -2.39. The lowest BCUT2D eigenvalue weighted by Crippen LogP contribution is -2.52. The average Bonchev–Trinajstić information content (AvgIpc) is 3.11. The molecule has 0 saturated carbocycles. The number of methoxy groups -OCH3 is 1. The normalized spacial score (nSPS) is 20.2. The summed E-state index contributed by atoms with van der Waals surface area (Å²) >= 11 is 6.14. The number of aliphatic carboxylic acids is 1. The van der Waals surface area contributed by atoms with Gasteiger partial charge in [0.25, 0.3) is 5.91 Å². The lowest BCUT2D eigenvalue weighted by molar-refractivity contribution is -0.155. The van der Waals surface area contributed by atoms with E-state index in [0.717, 1.165) is 0 Å². The molecule has 9 heteroatoms. The van der Waals surface area contributed by atoms with Crippen LogP contribution in [0.15, 0.2) is 30.5 Å². The second-order valence-electron chi connectivity index (χ2n) is 6.35. The van der Waals surface area contributed by atoms with E-state index in [9.17, 15) is 14.7 Å². The maximum Gasteiger partial charge on any atom is 0.313 e. The third kappa shape index (κ3) is 3.42. The van der Waals surface area contributed by atoms with Gasteiger partial charge >= 0.3 is 5.97 Å². The van der Waals surface area contributed by atoms with E-state index in [1.807, 2.05) is 0 Å². The summed E-state index contributed by atoms with van der Waals surface area (Å²) in [5, 5.41) is 18.0. The molecule has 1 saturated heterocycles. The largest absolute Gasteiger partial charge is 0.481 e. The number of likely N-dealkylation sites (tertiary alicyclic amines) is 1. The van der Waals surface area contributed by atoms with E-state index in [0.29, 0.717) is 30.1 Å². The molecule has 26 heavy (non-hydrogen) atoms. The fourth-order valence-electron chi connectivity index (χ4n) is 3.21. The summed E-state index contributed by atoms with van der Waals surface area (Å²) in [6, 6.07) is 7.09. The van der Waals surface area contributed by atoms with Crippen molar-refractivity contribution in [2.45, 2.75) is 12.8 Å². The molecule has 1 atom stereocenters. The first-order valence-corrected chi connectivity index (χ1v) is 8.53. The van der Waals surface area contributed by atoms with Crippen LogP contribution in [0, 0.1) is 5.41 Å². The van der Waals surface area contributed by atoms with Gasteiger partial charge in [-0.1, -0.05) is 28.9 Å². The molecule has 2 heterocycles. The van der Waals surface area contributed by atoms with Gasteiger partial charge in [0.15, 0.2) is 5.69 Å². The zero-order valence-corrected chi connectivity index (χ0v) is 15.0. The Kier molecular flexibility index (Phi) is 5.24. The number of hydrogen-bond donors (Lipinski definition) is 1. The van der Waals surface area contributed by atoms with E-state index >= 15 is 0 Å². The zero-order valence-electron chi connectivity index (χ0n) is 14.3. The molecule has 1 amide bonds. The number of amides is 1. The van der Waals surface area contributed by atoms with Crippen LogP contribution in [0.3, 0.4) is 0 Å². The van der Waals surface area contributed by atoms with Crippen molar-refractivity contribution in [3.8, 4) is 5.69 Å². The van der Waals surface area contributed by atoms with Crippen LogP contribution in [0.25, 0.3) is 5.69 Å². The highest BCUT2D eigenvalue weighted by Crippen LogP contribution is 2.31. The molecule has 0 spiro atoms. The van der Waals surface area contributed by atoms with Crippen molar-refractivity contribution in [1.82, 2.24) is 19.9 Å². The van der Waals surface area contributed by atoms with E-state index in [4.69, 9.17) is 16.3 Å². The van der Waals surface area contributed by atoms with E-state index < -0.39 is 11.4 Å². The summed E-state index contributed by atoms with van der Waals surface area (Å²) in [5.41, 5.74) is -0.344. The first-order chi connectivity index (χ1) is 12.5. The number of carbonyl (C=O) groups is 2. The number of carbonyl (C=O) groups excluding carboxylic acids is 1. The lowest BCUT2D eigenvalue weighted by atomic mass is 9.80. The first kappa shape index (κ1) is 18.3. The smallest absolute Gasteiger partial charge is 0.313 e. The van der Waals surface area contributed by atoms with Gasteiger partial charge in [-0.2, -0.15) is 0 Å². The monoisotopic (exact) mass is 378 g/mol. The molecule has 1 aromatic heterocycles. The minimum absolute atomic E-state index is 0.0540. The number of benzene rings is 1. The van der Waals surface area contributed by atoms with Crippen LogP contribution in [-0.4, -0.2) is 63.7 Å². The number of ether oxygens (including phenoxy) is 1. The van der Waals surface area contributed by atoms with Crippen molar-refractivity contribution in [3.63, 3.8) is 0 Å². The van der Waals surface area contributed by atoms with E-state index in [2.05, 4.69) is 10.3 Å². The molecule has 1 unspecified atom stereocenters. The number of rotatable bonds is 5. The molecule has 2 aromatic rings. The van der Waals surface area contributed by atoms with Crippen LogP contribution < -0.4 is 0 Å². The summed E-state index contributed by atoms with van der Waals surface area (Å²) in [4.78, 5) is 26.0. The molecule has 1 fully saturated rings. The van der Waals surface area contributed by atoms with Crippen LogP contribution in [0.4, 0.5) is 0 Å². The van der Waals surface area contributed by atoms with E-state index in [-0.39, 0.29) is 24.8 Å². The van der Waals surface area contributed by atoms with Crippen molar-refractivity contribution in [3.05, 3.63) is 41.2 Å². The molecule has 1 aliphatic heterocycles. The van der Waals surface area contributed by atoms with Gasteiger partial charge in [0, 0.05) is 20.2 Å². The highest BCUT2D eigenvalue weighted by molar-refractivity contribution is 6.32. The zero-order chi connectivity index (χ0) is 18.7. The molecule has 0 radical (unpaired) electrons. The summed E-state index contributed by atoms with van der Waals surface area (Å²) in [5.74, 6) is -1.32. The number of piperidine rings is 1. The quantitative estimate of drug-likeness (QED) is 0.853. The van der Waals surface area contributed by atoms with Gasteiger partial charge in [-0.25, -0.2) is 4.68 Å². The Balaban J connectivity index is 1.81. The standard InChI is InChI=1S/C17H19ClN4O4/c1-26-11-17(16(24)25)7-4-8-21(10-17)15(23)13-9-22(20-19-13)14-6-3-2-5-12(14)18/h2-3,5-6,9H,4,7-8,10-11H2,1H3,(H,24,25). The summed E-state index contributed by atoms with van der Waals surface area (Å²) < 4.78 is 6.52. The fourth-order valence-corrected chi connectivity index (χ4v) is 3.44. The van der Waals surface area contributed by atoms with Crippen LogP contribution in [-0.2, 0) is 9.53 Å². The third-order valence-electron chi connectivity index (χ3n) is 4.55. The predicted molar refractivity (Wildman–Crippen MR) is 93.5 cm³/mol. The highest BCUT2D eigenvalue weighted by atomic mass is 35.5. The van der Waals surface area contributed by atoms with Crippen LogP contribution in [0.1, 0.15) is 23.3 Å². The minimum Gasteiger partial charge on any atom is -0.481 e. The van der Waals surface area contributed by atoms with Gasteiger partial charge in [-0.3, -0.25) is 9.59 Å². The van der Waals surface area contributed by atoms with E-state index in [1.54, 1.807) is 24.3 Å². The molecular formula is C17H19ClN4O4. The molecule has 0 aliphatic carbocycles. The summed E-state index contributed by atoms with van der Waals surface area (Å²) in [7, 11) is 1.46. The molecule has 1 N–H and O–H groups in total. The van der Waals surface area contributed by atoms with Crippen molar-refractivity contribution < 1.29 is 19.4 Å². The highest BCUT2D eigenvalue weighted by Gasteiger charge is 2.44. The SMILES string of the molecule is COCC1(C(=O)O)CCCN(C(=O)c2cn(-c3ccccc3Cl)nn2)C1. The number of para-hydroxylation sites is 1. The number of aromatic nitrogens is 3. The Hall–Kier alpha value is -2.45. The van der Waals surface area contributed by atoms with Gasteiger partial charge in [0.1, 0.15) is 5.41 Å². The van der Waals surface area contributed by atoms with Gasteiger partial charge in [0.2, 0.25) is 0 Å². The first-order valence-electron chi connectivity index (χ1n) is 8.16. The van der Waals surface area contributed by atoms with E-state index in [1.165, 1.54) is 22.9 Å². The number of hydrogen-bond acceptors (Lipinski definition) is 5. The summed E-state index contributed by atoms with van der Waals surface area (Å²) in [6.45, 7) is 0.600. The van der Waals surface area contributed by atoms with Gasteiger partial charge in [-0.15, -0.1) is 5.10 Å². The Labute approximate surface area is 155 Å². The number of nitrogens with zero attached hydrogens (tertiary/aromatic N) is 4. The minimum atomic E-state index is -1.10. The van der Waals surface area contributed by atoms with Crippen molar-refractivity contribution in [2.75, 3.05) is 26.8 Å². The third-order valence-corrected chi connectivity index (χ3v) is 4.87. The second-order valence-corrected chi connectivity index (χ2v) is 6.76. The molecule has 0 bridgehead atoms. The summed E-state index contributed by atoms with van der Waals surface area (Å²) in [6.07, 6.45) is 2.54. The molecular weight excluding hydrogens is 360 g/mol. The number of carboxylic acid groups (broad SMARTS) is 1. The molecule has 1 aliphatic rings. The number of halogens is 1. The molecule has 8 nitrogen and oxygen atoms in total. The van der Waals surface area contributed by atoms with Crippen LogP contribution >= 0.6 is 11.6 Å². The Morgan fingerprint density at radius 1 is 1.38 bits per heavy atom. The molecule has 1 aromatic carbocycles. The van der Waals surface area contributed by atoms with Crippen molar-refractivity contribution in [1.29, 1.82) is 0 Å². The Morgan fingerprint density at radius 3 is 2.85 bits per heavy atom. The molecule has 138 valence electrons. The van der Waals surface area contributed by atoms with Gasteiger partial charge in [-0.05, 0) is 25.0 Å². The average molecular weight is 379 g/mol. The topological polar surface area (TPSA) is 97.6 Å². The Bertz CT molecular complexity index is 821. The van der Waals surface area contributed by atoms with Crippen molar-refractivity contribution in [2.24, 2.45) is 5.41 Å². The van der Waals surface area contributed by atoms with Crippen molar-refractivity contribution >= 4 is 23.5 Å². The Morgan fingerprint density at radius 2 is 2.15 bits per heavy atom. The van der Waals surface area contributed by atoms with Gasteiger partial charge in [0.05, 0.1) is 23.5 Å². The van der Waals surface area contributed by atoms with Gasteiger partial charge < -0.3 is 14.7 Å². The maximum absolute atomic E-state index is 12.8. The van der Waals surface area contributed by atoms with Crippen LogP contribution in [0.2, 0.25) is 5.02 Å². The predicted octanol–water partition coefficient (Wildman–Crippen LogP) is 1.87. The second kappa shape index (κ2) is 7.43. The maximum atomic E-state index is 12.8. The van der Waals surface area contributed by atoms with Crippen LogP contribution in [0.5, 0.6) is 0 Å². The number of carboxylic acids is 1.